The molecule has 2 N–H and O–H groups in total. The lowest BCUT2D eigenvalue weighted by Gasteiger charge is -2.29. The second-order valence-corrected chi connectivity index (χ2v) is 7.86. The molecular formula is C23H20BrN3O5. The fraction of sp³-hybridized carbons (Fsp3) is 0.174. The van der Waals surface area contributed by atoms with E-state index in [2.05, 4.69) is 26.6 Å². The minimum absolute atomic E-state index is 0.00889. The number of amides is 3. The number of carbonyl (C=O) groups excluding carboxylic acids is 3. The summed E-state index contributed by atoms with van der Waals surface area (Å²) in [5, 5.41) is 5.57. The van der Waals surface area contributed by atoms with E-state index >= 15 is 0 Å². The highest BCUT2D eigenvalue weighted by Crippen LogP contribution is 2.31. The van der Waals surface area contributed by atoms with Gasteiger partial charge in [0.05, 0.1) is 12.1 Å². The van der Waals surface area contributed by atoms with Gasteiger partial charge in [-0.25, -0.2) is 0 Å². The van der Waals surface area contributed by atoms with Crippen molar-refractivity contribution in [3.8, 4) is 5.75 Å². The molecule has 32 heavy (non-hydrogen) atoms. The van der Waals surface area contributed by atoms with Gasteiger partial charge < -0.3 is 24.7 Å². The number of para-hydroxylation sites is 2. The lowest BCUT2D eigenvalue weighted by molar-refractivity contribution is -0.122. The van der Waals surface area contributed by atoms with E-state index in [0.717, 1.165) is 5.56 Å². The Morgan fingerprint density at radius 1 is 1.03 bits per heavy atom. The highest BCUT2D eigenvalue weighted by molar-refractivity contribution is 9.10. The summed E-state index contributed by atoms with van der Waals surface area (Å²) in [6, 6.07) is 17.5. The summed E-state index contributed by atoms with van der Waals surface area (Å²) in [4.78, 5) is 38.2. The van der Waals surface area contributed by atoms with Crippen molar-refractivity contribution in [3.63, 3.8) is 0 Å². The molecule has 1 aliphatic heterocycles. The summed E-state index contributed by atoms with van der Waals surface area (Å²) in [5.41, 5.74) is 2.10. The van der Waals surface area contributed by atoms with E-state index in [-0.39, 0.29) is 36.5 Å². The zero-order chi connectivity index (χ0) is 22.5. The average Bonchev–Trinajstić information content (AvgIpc) is 3.23. The van der Waals surface area contributed by atoms with Crippen LogP contribution in [0.3, 0.4) is 0 Å². The number of furan rings is 1. The van der Waals surface area contributed by atoms with Crippen LogP contribution >= 0.6 is 15.9 Å². The van der Waals surface area contributed by atoms with Crippen molar-refractivity contribution in [1.29, 1.82) is 0 Å². The van der Waals surface area contributed by atoms with Gasteiger partial charge >= 0.3 is 0 Å². The first-order valence-corrected chi connectivity index (χ1v) is 10.7. The van der Waals surface area contributed by atoms with Crippen LogP contribution in [-0.2, 0) is 16.0 Å². The molecule has 0 spiro atoms. The predicted octanol–water partition coefficient (Wildman–Crippen LogP) is 3.38. The quantitative estimate of drug-likeness (QED) is 0.521. The maximum absolute atomic E-state index is 12.3. The third-order valence-electron chi connectivity index (χ3n) is 4.84. The summed E-state index contributed by atoms with van der Waals surface area (Å²) in [6.07, 6.45) is 0.188. The van der Waals surface area contributed by atoms with Crippen molar-refractivity contribution in [2.75, 3.05) is 29.9 Å². The van der Waals surface area contributed by atoms with Gasteiger partial charge in [0.15, 0.2) is 17.0 Å². The third kappa shape index (κ3) is 5.17. The van der Waals surface area contributed by atoms with E-state index in [0.29, 0.717) is 34.9 Å². The smallest absolute Gasteiger partial charge is 0.291 e. The second-order valence-electron chi connectivity index (χ2n) is 7.08. The molecule has 0 radical (unpaired) electrons. The zero-order valence-corrected chi connectivity index (χ0v) is 18.6. The Morgan fingerprint density at radius 2 is 1.81 bits per heavy atom. The Hall–Kier alpha value is -3.59. The van der Waals surface area contributed by atoms with E-state index in [1.165, 1.54) is 0 Å². The summed E-state index contributed by atoms with van der Waals surface area (Å²) in [7, 11) is 0. The van der Waals surface area contributed by atoms with Crippen molar-refractivity contribution in [2.24, 2.45) is 0 Å². The average molecular weight is 498 g/mol. The number of nitrogens with one attached hydrogen (secondary N) is 2. The number of ether oxygens (including phenoxy) is 1. The van der Waals surface area contributed by atoms with Crippen molar-refractivity contribution in [1.82, 2.24) is 5.32 Å². The molecule has 2 aromatic carbocycles. The van der Waals surface area contributed by atoms with E-state index < -0.39 is 0 Å². The summed E-state index contributed by atoms with van der Waals surface area (Å²) < 4.78 is 11.1. The predicted molar refractivity (Wildman–Crippen MR) is 122 cm³/mol. The molecule has 8 nitrogen and oxygen atoms in total. The van der Waals surface area contributed by atoms with Gasteiger partial charge in [-0.15, -0.1) is 0 Å². The maximum Gasteiger partial charge on any atom is 0.291 e. The molecule has 4 rings (SSSR count). The first kappa shape index (κ1) is 21.6. The van der Waals surface area contributed by atoms with Gasteiger partial charge in [-0.3, -0.25) is 14.4 Å². The lowest BCUT2D eigenvalue weighted by Crippen LogP contribution is -2.43. The van der Waals surface area contributed by atoms with Crippen LogP contribution < -0.4 is 20.3 Å². The van der Waals surface area contributed by atoms with Crippen LogP contribution in [0.25, 0.3) is 0 Å². The minimum Gasteiger partial charge on any atom is -0.482 e. The van der Waals surface area contributed by atoms with Crippen LogP contribution in [0.1, 0.15) is 16.1 Å². The lowest BCUT2D eigenvalue weighted by atomic mass is 10.1. The minimum atomic E-state index is -0.361. The fourth-order valence-corrected chi connectivity index (χ4v) is 3.60. The molecule has 1 aromatic heterocycles. The van der Waals surface area contributed by atoms with Crippen molar-refractivity contribution in [2.45, 2.75) is 6.42 Å². The highest BCUT2D eigenvalue weighted by Gasteiger charge is 2.24. The largest absolute Gasteiger partial charge is 0.482 e. The molecular weight excluding hydrogens is 478 g/mol. The van der Waals surface area contributed by atoms with Crippen LogP contribution in [-0.4, -0.2) is 37.4 Å². The number of benzene rings is 2. The van der Waals surface area contributed by atoms with Crippen LogP contribution in [0.15, 0.2) is 69.8 Å². The molecule has 0 fully saturated rings. The molecule has 164 valence electrons. The van der Waals surface area contributed by atoms with Gasteiger partial charge in [0.25, 0.3) is 11.8 Å². The second kappa shape index (κ2) is 9.69. The number of fused-ring (bicyclic) bond motifs is 1. The number of rotatable bonds is 7. The van der Waals surface area contributed by atoms with Gasteiger partial charge in [-0.2, -0.15) is 0 Å². The normalized spacial score (nSPS) is 12.7. The number of carbonyl (C=O) groups is 3. The standard InChI is InChI=1S/C23H20BrN3O5/c24-20-10-9-19(32-20)23(30)26-16-7-5-15(6-8-16)13-21(28)25-11-12-27-17-3-1-2-4-18(17)31-14-22(27)29/h1-10H,11-14H2,(H,25,28)(H,26,30). The molecule has 3 amide bonds. The molecule has 2 heterocycles. The van der Waals surface area contributed by atoms with Gasteiger partial charge in [0.1, 0.15) is 5.75 Å². The van der Waals surface area contributed by atoms with Gasteiger partial charge in [0.2, 0.25) is 5.91 Å². The van der Waals surface area contributed by atoms with E-state index in [1.54, 1.807) is 41.3 Å². The van der Waals surface area contributed by atoms with E-state index in [4.69, 9.17) is 9.15 Å². The number of anilines is 2. The summed E-state index contributed by atoms with van der Waals surface area (Å²) in [5.74, 6) is 0.195. The SMILES string of the molecule is O=C(Cc1ccc(NC(=O)c2ccc(Br)o2)cc1)NCCN1C(=O)COc2ccccc21. The molecule has 0 saturated carbocycles. The molecule has 1 aliphatic rings. The molecule has 3 aromatic rings. The van der Waals surface area contributed by atoms with Gasteiger partial charge in [0, 0.05) is 18.8 Å². The summed E-state index contributed by atoms with van der Waals surface area (Å²) in [6.45, 7) is 0.676. The van der Waals surface area contributed by atoms with Crippen molar-refractivity contribution < 1.29 is 23.5 Å². The van der Waals surface area contributed by atoms with Crippen LogP contribution in [0.5, 0.6) is 5.75 Å². The number of halogens is 1. The van der Waals surface area contributed by atoms with Crippen LogP contribution in [0.2, 0.25) is 0 Å². The first-order chi connectivity index (χ1) is 15.5. The molecule has 9 heteroatoms. The fourth-order valence-electron chi connectivity index (χ4n) is 3.29. The topological polar surface area (TPSA) is 101 Å². The summed E-state index contributed by atoms with van der Waals surface area (Å²) >= 11 is 3.16. The molecule has 0 saturated heterocycles. The number of nitrogens with zero attached hydrogens (tertiary/aromatic N) is 1. The Labute approximate surface area is 192 Å². The molecule has 0 aliphatic carbocycles. The number of hydrogen-bond donors (Lipinski definition) is 2. The van der Waals surface area contributed by atoms with Crippen LogP contribution in [0, 0.1) is 0 Å². The van der Waals surface area contributed by atoms with Crippen LogP contribution in [0.4, 0.5) is 11.4 Å². The monoisotopic (exact) mass is 497 g/mol. The Kier molecular flexibility index (Phi) is 6.55. The first-order valence-electron chi connectivity index (χ1n) is 9.94. The molecule has 0 bridgehead atoms. The third-order valence-corrected chi connectivity index (χ3v) is 5.27. The Bertz CT molecular complexity index is 1140. The van der Waals surface area contributed by atoms with Gasteiger partial charge in [-0.05, 0) is 57.9 Å². The zero-order valence-electron chi connectivity index (χ0n) is 17.0. The molecule has 0 unspecified atom stereocenters. The van der Waals surface area contributed by atoms with Crippen molar-refractivity contribution in [3.05, 3.63) is 76.7 Å². The maximum atomic E-state index is 12.3. The Morgan fingerprint density at radius 3 is 2.56 bits per heavy atom. The van der Waals surface area contributed by atoms with Gasteiger partial charge in [-0.1, -0.05) is 24.3 Å². The Balaban J connectivity index is 1.26. The molecule has 0 atom stereocenters. The van der Waals surface area contributed by atoms with Crippen molar-refractivity contribution >= 4 is 45.0 Å². The van der Waals surface area contributed by atoms with E-state index in [9.17, 15) is 14.4 Å². The number of hydrogen-bond acceptors (Lipinski definition) is 5. The highest BCUT2D eigenvalue weighted by atomic mass is 79.9. The van der Waals surface area contributed by atoms with E-state index in [1.807, 2.05) is 24.3 Å².